The van der Waals surface area contributed by atoms with Crippen molar-refractivity contribution in [3.63, 3.8) is 0 Å². The summed E-state index contributed by atoms with van der Waals surface area (Å²) in [6.45, 7) is 14.7. The Bertz CT molecular complexity index is 506. The lowest BCUT2D eigenvalue weighted by Gasteiger charge is -2.24. The molecule has 0 spiro atoms. The maximum Gasteiger partial charge on any atom is 0.542 e. The molecule has 174 valence electrons. The maximum atomic E-state index is 11.2. The van der Waals surface area contributed by atoms with E-state index in [2.05, 4.69) is 37.7 Å². The smallest absolute Gasteiger partial charge is 0.432 e. The van der Waals surface area contributed by atoms with Crippen LogP contribution < -0.4 is 0 Å². The van der Waals surface area contributed by atoms with E-state index in [0.717, 1.165) is 6.42 Å². The van der Waals surface area contributed by atoms with E-state index in [1.54, 1.807) is 32.9 Å². The van der Waals surface area contributed by atoms with Crippen molar-refractivity contribution in [2.75, 3.05) is 13.2 Å². The first kappa shape index (κ1) is 27.9. The standard InChI is InChI=1S/C20H34O10/c1-7-9-13-23-18(21)26-29-25-17(4)15-16(3)11-12-20(5,6)28-30-27-19(22)24-14-10-8-2/h7-8,16-17H,1-2,9-15H2,3-6H3. The monoisotopic (exact) mass is 434 g/mol. The van der Waals surface area contributed by atoms with Gasteiger partial charge in [0.05, 0.1) is 19.3 Å². The van der Waals surface area contributed by atoms with Gasteiger partial charge in [-0.1, -0.05) is 19.1 Å². The zero-order valence-corrected chi connectivity index (χ0v) is 18.3. The largest absolute Gasteiger partial charge is 0.542 e. The highest BCUT2D eigenvalue weighted by Gasteiger charge is 2.23. The quantitative estimate of drug-likeness (QED) is 0.100. The highest BCUT2D eigenvalue weighted by atomic mass is 17.5. The first-order valence-electron chi connectivity index (χ1n) is 9.77. The topological polar surface area (TPSA) is 108 Å². The van der Waals surface area contributed by atoms with E-state index in [-0.39, 0.29) is 25.2 Å². The van der Waals surface area contributed by atoms with Crippen LogP contribution in [-0.2, 0) is 39.1 Å². The van der Waals surface area contributed by atoms with Gasteiger partial charge in [-0.15, -0.1) is 13.2 Å². The summed E-state index contributed by atoms with van der Waals surface area (Å²) in [5.41, 5.74) is -0.700. The van der Waals surface area contributed by atoms with Gasteiger partial charge in [-0.05, 0) is 68.9 Å². The molecule has 10 nitrogen and oxygen atoms in total. The van der Waals surface area contributed by atoms with Gasteiger partial charge in [0.25, 0.3) is 0 Å². The van der Waals surface area contributed by atoms with Gasteiger partial charge in [-0.2, -0.15) is 9.78 Å². The molecule has 0 radical (unpaired) electrons. The van der Waals surface area contributed by atoms with Crippen molar-refractivity contribution in [2.45, 2.75) is 71.5 Å². The van der Waals surface area contributed by atoms with Gasteiger partial charge in [0.1, 0.15) is 5.60 Å². The molecular weight excluding hydrogens is 400 g/mol. The second-order valence-electron chi connectivity index (χ2n) is 7.28. The molecule has 30 heavy (non-hydrogen) atoms. The van der Waals surface area contributed by atoms with Crippen LogP contribution >= 0.6 is 0 Å². The van der Waals surface area contributed by atoms with Crippen LogP contribution in [0.2, 0.25) is 0 Å². The Kier molecular flexibility index (Phi) is 15.4. The number of hydrogen-bond acceptors (Lipinski definition) is 10. The Morgan fingerprint density at radius 1 is 0.933 bits per heavy atom. The third-order valence-corrected chi connectivity index (χ3v) is 3.72. The molecule has 0 aliphatic carbocycles. The SMILES string of the molecule is C=CCCOC(=O)OOOC(C)CC(C)CCC(C)(C)OOOC(=O)OCCC=C. The highest BCUT2D eigenvalue weighted by Crippen LogP contribution is 2.23. The predicted octanol–water partition coefficient (Wildman–Crippen LogP) is 5.14. The molecule has 0 aliphatic rings. The molecule has 0 amide bonds. The van der Waals surface area contributed by atoms with Gasteiger partial charge in [-0.3, -0.25) is 0 Å². The minimum absolute atomic E-state index is 0.151. The molecule has 2 unspecified atom stereocenters. The maximum absolute atomic E-state index is 11.2. The molecule has 0 N–H and O–H groups in total. The summed E-state index contributed by atoms with van der Waals surface area (Å²) >= 11 is 0. The van der Waals surface area contributed by atoms with Crippen molar-refractivity contribution in [3.8, 4) is 0 Å². The van der Waals surface area contributed by atoms with E-state index < -0.39 is 17.9 Å². The summed E-state index contributed by atoms with van der Waals surface area (Å²) in [4.78, 5) is 41.2. The third-order valence-electron chi connectivity index (χ3n) is 3.72. The number of hydrogen-bond donors (Lipinski definition) is 0. The van der Waals surface area contributed by atoms with E-state index in [9.17, 15) is 9.59 Å². The summed E-state index contributed by atoms with van der Waals surface area (Å²) in [5, 5.41) is 8.94. The number of rotatable bonds is 17. The van der Waals surface area contributed by atoms with Crippen molar-refractivity contribution < 1.29 is 48.7 Å². The van der Waals surface area contributed by atoms with Crippen LogP contribution in [0.15, 0.2) is 25.3 Å². The van der Waals surface area contributed by atoms with Gasteiger partial charge < -0.3 is 9.47 Å². The summed E-state index contributed by atoms with van der Waals surface area (Å²) < 4.78 is 9.39. The van der Waals surface area contributed by atoms with Crippen molar-refractivity contribution in [2.24, 2.45) is 5.92 Å². The second kappa shape index (κ2) is 16.6. The highest BCUT2D eigenvalue weighted by molar-refractivity contribution is 5.59. The fourth-order valence-electron chi connectivity index (χ4n) is 2.11. The van der Waals surface area contributed by atoms with Gasteiger partial charge in [-0.25, -0.2) is 19.4 Å². The van der Waals surface area contributed by atoms with Crippen molar-refractivity contribution in [1.29, 1.82) is 0 Å². The number of carbonyl (C=O) groups excluding carboxylic acids is 2. The van der Waals surface area contributed by atoms with Crippen molar-refractivity contribution >= 4 is 12.3 Å². The van der Waals surface area contributed by atoms with Crippen LogP contribution in [0.4, 0.5) is 9.59 Å². The summed E-state index contributed by atoms with van der Waals surface area (Å²) in [5.74, 6) is 0.232. The molecule has 0 fully saturated rings. The Morgan fingerprint density at radius 2 is 1.47 bits per heavy atom. The Labute approximate surface area is 177 Å². The molecule has 0 aromatic carbocycles. The molecule has 0 aromatic rings. The first-order chi connectivity index (χ1) is 14.2. The average Bonchev–Trinajstić information content (AvgIpc) is 2.67. The van der Waals surface area contributed by atoms with Crippen LogP contribution in [0.5, 0.6) is 0 Å². The predicted molar refractivity (Wildman–Crippen MR) is 105 cm³/mol. The Morgan fingerprint density at radius 3 is 2.00 bits per heavy atom. The van der Waals surface area contributed by atoms with Crippen molar-refractivity contribution in [3.05, 3.63) is 25.3 Å². The first-order valence-corrected chi connectivity index (χ1v) is 9.77. The average molecular weight is 434 g/mol. The Balaban J connectivity index is 3.91. The van der Waals surface area contributed by atoms with Crippen LogP contribution in [0.3, 0.4) is 0 Å². The van der Waals surface area contributed by atoms with Crippen LogP contribution in [-0.4, -0.2) is 37.2 Å². The van der Waals surface area contributed by atoms with E-state index in [4.69, 9.17) is 14.5 Å². The minimum Gasteiger partial charge on any atom is -0.432 e. The normalized spacial score (nSPS) is 13.1. The van der Waals surface area contributed by atoms with Gasteiger partial charge in [0.2, 0.25) is 0 Å². The summed E-state index contributed by atoms with van der Waals surface area (Å²) in [6.07, 6.45) is 3.97. The fourth-order valence-corrected chi connectivity index (χ4v) is 2.11. The van der Waals surface area contributed by atoms with Gasteiger partial charge >= 0.3 is 12.3 Å². The third kappa shape index (κ3) is 16.8. The molecule has 2 atom stereocenters. The van der Waals surface area contributed by atoms with E-state index in [1.807, 2.05) is 6.92 Å². The molecule has 0 aliphatic heterocycles. The molecule has 0 saturated heterocycles. The molecular formula is C20H34O10. The lowest BCUT2D eigenvalue weighted by Crippen LogP contribution is -2.27. The number of carbonyl (C=O) groups is 2. The van der Waals surface area contributed by atoms with Crippen LogP contribution in [0.25, 0.3) is 0 Å². The van der Waals surface area contributed by atoms with Crippen LogP contribution in [0.1, 0.15) is 59.8 Å². The Hall–Kier alpha value is -2.14. The zero-order valence-electron chi connectivity index (χ0n) is 18.3. The van der Waals surface area contributed by atoms with E-state index in [0.29, 0.717) is 25.7 Å². The van der Waals surface area contributed by atoms with E-state index in [1.165, 1.54) is 0 Å². The van der Waals surface area contributed by atoms with Crippen molar-refractivity contribution in [1.82, 2.24) is 0 Å². The van der Waals surface area contributed by atoms with E-state index >= 15 is 0 Å². The molecule has 0 bridgehead atoms. The second-order valence-corrected chi connectivity index (χ2v) is 7.28. The van der Waals surface area contributed by atoms with Crippen LogP contribution in [0, 0.1) is 5.92 Å². The summed E-state index contributed by atoms with van der Waals surface area (Å²) in [6, 6.07) is 0. The van der Waals surface area contributed by atoms with Gasteiger partial charge in [0.15, 0.2) is 0 Å². The number of ether oxygens (including phenoxy) is 2. The molecule has 0 heterocycles. The van der Waals surface area contributed by atoms with Gasteiger partial charge in [0, 0.05) is 0 Å². The molecule has 0 saturated carbocycles. The molecule has 0 aromatic heterocycles. The summed E-state index contributed by atoms with van der Waals surface area (Å²) in [7, 11) is 0. The zero-order chi connectivity index (χ0) is 22.8. The lowest BCUT2D eigenvalue weighted by molar-refractivity contribution is -0.517. The minimum atomic E-state index is -0.987. The fraction of sp³-hybridized carbons (Fsp3) is 0.700. The lowest BCUT2D eigenvalue weighted by atomic mass is 9.93. The molecule has 10 heteroatoms. The molecule has 0 rings (SSSR count).